The monoisotopic (exact) mass is 253 g/mol. The normalized spacial score (nSPS) is 12.3. The van der Waals surface area contributed by atoms with Gasteiger partial charge >= 0.3 is 5.97 Å². The maximum atomic E-state index is 12.3. The third-order valence-corrected chi connectivity index (χ3v) is 3.15. The number of hydrogen-bond donors (Lipinski definition) is 1. The van der Waals surface area contributed by atoms with Crippen molar-refractivity contribution in [3.05, 3.63) is 17.0 Å². The fourth-order valence-corrected chi connectivity index (χ4v) is 1.83. The molecule has 1 aromatic heterocycles. The Bertz CT molecular complexity index is 479. The second kappa shape index (κ2) is 5.20. The van der Waals surface area contributed by atoms with Gasteiger partial charge in [-0.25, -0.2) is 4.79 Å². The van der Waals surface area contributed by atoms with Crippen molar-refractivity contribution in [2.45, 2.75) is 40.3 Å². The van der Waals surface area contributed by atoms with Crippen molar-refractivity contribution >= 4 is 11.9 Å². The summed E-state index contributed by atoms with van der Waals surface area (Å²) in [7, 11) is 1.49. The third kappa shape index (κ3) is 2.37. The van der Waals surface area contributed by atoms with E-state index < -0.39 is 12.0 Å². The van der Waals surface area contributed by atoms with Crippen LogP contribution in [0.2, 0.25) is 0 Å². The molecule has 18 heavy (non-hydrogen) atoms. The first-order valence-corrected chi connectivity index (χ1v) is 5.85. The van der Waals surface area contributed by atoms with Gasteiger partial charge in [-0.2, -0.15) is 5.10 Å². The van der Waals surface area contributed by atoms with E-state index in [-0.39, 0.29) is 5.91 Å². The minimum atomic E-state index is -1.02. The van der Waals surface area contributed by atoms with Gasteiger partial charge in [0.15, 0.2) is 0 Å². The summed E-state index contributed by atoms with van der Waals surface area (Å²) in [5.74, 6) is -1.33. The Kier molecular flexibility index (Phi) is 4.11. The van der Waals surface area contributed by atoms with E-state index in [0.717, 1.165) is 5.69 Å². The molecule has 1 aromatic rings. The number of carbonyl (C=O) groups excluding carboxylic acids is 1. The number of aryl methyl sites for hydroxylation is 2. The van der Waals surface area contributed by atoms with Crippen LogP contribution in [-0.2, 0) is 11.3 Å². The fraction of sp³-hybridized carbons (Fsp3) is 0.583. The number of carboxylic acids is 1. The second-order valence-electron chi connectivity index (χ2n) is 4.29. The van der Waals surface area contributed by atoms with E-state index in [0.29, 0.717) is 17.8 Å². The summed E-state index contributed by atoms with van der Waals surface area (Å²) in [6, 6.07) is -0.860. The minimum absolute atomic E-state index is 0.306. The summed E-state index contributed by atoms with van der Waals surface area (Å²) < 4.78 is 1.74. The van der Waals surface area contributed by atoms with E-state index in [1.54, 1.807) is 11.6 Å². The molecule has 0 radical (unpaired) electrons. The van der Waals surface area contributed by atoms with Crippen LogP contribution in [0.25, 0.3) is 0 Å². The van der Waals surface area contributed by atoms with Gasteiger partial charge in [0, 0.05) is 19.3 Å². The summed E-state index contributed by atoms with van der Waals surface area (Å²) >= 11 is 0. The highest BCUT2D eigenvalue weighted by atomic mass is 16.4. The van der Waals surface area contributed by atoms with Gasteiger partial charge in [-0.05, 0) is 27.7 Å². The van der Waals surface area contributed by atoms with Crippen LogP contribution in [0.5, 0.6) is 0 Å². The number of rotatable bonds is 4. The standard InChI is InChI=1S/C12H19N3O3/c1-6-15-8(3)10(7(2)13-15)11(16)14(5)9(4)12(17)18/h9H,6H2,1-5H3,(H,17,18). The zero-order valence-electron chi connectivity index (χ0n) is 11.4. The Morgan fingerprint density at radius 2 is 2.00 bits per heavy atom. The van der Waals surface area contributed by atoms with Crippen LogP contribution in [0.1, 0.15) is 35.6 Å². The Morgan fingerprint density at radius 3 is 2.39 bits per heavy atom. The van der Waals surface area contributed by atoms with Gasteiger partial charge in [0.1, 0.15) is 6.04 Å². The van der Waals surface area contributed by atoms with E-state index in [9.17, 15) is 9.59 Å². The van der Waals surface area contributed by atoms with Crippen molar-refractivity contribution in [2.75, 3.05) is 7.05 Å². The number of likely N-dealkylation sites (N-methyl/N-ethyl adjacent to an activating group) is 1. The average molecular weight is 253 g/mol. The van der Waals surface area contributed by atoms with Crippen molar-refractivity contribution in [1.29, 1.82) is 0 Å². The fourth-order valence-electron chi connectivity index (χ4n) is 1.83. The molecule has 6 nitrogen and oxygen atoms in total. The van der Waals surface area contributed by atoms with Gasteiger partial charge in [0.25, 0.3) is 5.91 Å². The highest BCUT2D eigenvalue weighted by molar-refractivity contribution is 5.98. The van der Waals surface area contributed by atoms with Gasteiger partial charge in [0.05, 0.1) is 11.3 Å². The second-order valence-corrected chi connectivity index (χ2v) is 4.29. The van der Waals surface area contributed by atoms with Crippen LogP contribution in [0.3, 0.4) is 0 Å². The number of aromatic nitrogens is 2. The van der Waals surface area contributed by atoms with Crippen molar-refractivity contribution in [3.63, 3.8) is 0 Å². The predicted octanol–water partition coefficient (Wildman–Crippen LogP) is 1.06. The molecule has 0 saturated heterocycles. The number of nitrogens with zero attached hydrogens (tertiary/aromatic N) is 3. The topological polar surface area (TPSA) is 75.4 Å². The first-order valence-electron chi connectivity index (χ1n) is 5.85. The molecule has 0 aliphatic rings. The number of amides is 1. The van der Waals surface area contributed by atoms with E-state index >= 15 is 0 Å². The molecule has 1 unspecified atom stereocenters. The van der Waals surface area contributed by atoms with Crippen LogP contribution in [-0.4, -0.2) is 44.8 Å². The van der Waals surface area contributed by atoms with Crippen LogP contribution in [0, 0.1) is 13.8 Å². The number of hydrogen-bond acceptors (Lipinski definition) is 3. The molecule has 0 saturated carbocycles. The maximum absolute atomic E-state index is 12.3. The molecular weight excluding hydrogens is 234 g/mol. The Hall–Kier alpha value is -1.85. The first kappa shape index (κ1) is 14.2. The van der Waals surface area contributed by atoms with Crippen LogP contribution < -0.4 is 0 Å². The SMILES string of the molecule is CCn1nc(C)c(C(=O)N(C)C(C)C(=O)O)c1C. The van der Waals surface area contributed by atoms with Gasteiger partial charge in [-0.15, -0.1) is 0 Å². The summed E-state index contributed by atoms with van der Waals surface area (Å²) in [4.78, 5) is 24.4. The molecule has 1 N–H and O–H groups in total. The summed E-state index contributed by atoms with van der Waals surface area (Å²) in [5.41, 5.74) is 1.89. The van der Waals surface area contributed by atoms with E-state index in [2.05, 4.69) is 5.10 Å². The van der Waals surface area contributed by atoms with Gasteiger partial charge in [0.2, 0.25) is 0 Å². The molecule has 6 heteroatoms. The molecular formula is C12H19N3O3. The molecule has 0 aliphatic carbocycles. The average Bonchev–Trinajstić information content (AvgIpc) is 2.61. The number of aliphatic carboxylic acids is 1. The summed E-state index contributed by atoms with van der Waals surface area (Å²) in [6.07, 6.45) is 0. The molecule has 1 amide bonds. The van der Waals surface area contributed by atoms with E-state index in [1.165, 1.54) is 18.9 Å². The zero-order chi connectivity index (χ0) is 14.0. The molecule has 1 heterocycles. The molecule has 0 bridgehead atoms. The Morgan fingerprint density at radius 1 is 1.44 bits per heavy atom. The van der Waals surface area contributed by atoms with Crippen molar-refractivity contribution < 1.29 is 14.7 Å². The van der Waals surface area contributed by atoms with Crippen LogP contribution >= 0.6 is 0 Å². The predicted molar refractivity (Wildman–Crippen MR) is 66.6 cm³/mol. The first-order chi connectivity index (χ1) is 8.31. The quantitative estimate of drug-likeness (QED) is 0.870. The van der Waals surface area contributed by atoms with E-state index in [1.807, 2.05) is 13.8 Å². The summed E-state index contributed by atoms with van der Waals surface area (Å²) in [6.45, 7) is 7.67. The Labute approximate surface area is 106 Å². The summed E-state index contributed by atoms with van der Waals surface area (Å²) in [5, 5.41) is 13.2. The smallest absolute Gasteiger partial charge is 0.326 e. The molecule has 0 aromatic carbocycles. The lowest BCUT2D eigenvalue weighted by atomic mass is 10.1. The molecule has 1 atom stereocenters. The largest absolute Gasteiger partial charge is 0.480 e. The Balaban J connectivity index is 3.11. The van der Waals surface area contributed by atoms with Crippen molar-refractivity contribution in [2.24, 2.45) is 0 Å². The minimum Gasteiger partial charge on any atom is -0.480 e. The van der Waals surface area contributed by atoms with E-state index in [4.69, 9.17) is 5.11 Å². The maximum Gasteiger partial charge on any atom is 0.326 e. The molecule has 0 aliphatic heterocycles. The van der Waals surface area contributed by atoms with Gasteiger partial charge < -0.3 is 10.0 Å². The third-order valence-electron chi connectivity index (χ3n) is 3.15. The number of carboxylic acid groups (broad SMARTS) is 1. The molecule has 100 valence electrons. The van der Waals surface area contributed by atoms with Crippen molar-refractivity contribution in [3.8, 4) is 0 Å². The van der Waals surface area contributed by atoms with Crippen LogP contribution in [0.15, 0.2) is 0 Å². The molecule has 0 fully saturated rings. The lowest BCUT2D eigenvalue weighted by Gasteiger charge is -2.21. The van der Waals surface area contributed by atoms with Gasteiger partial charge in [-0.1, -0.05) is 0 Å². The molecule has 1 rings (SSSR count). The van der Waals surface area contributed by atoms with Gasteiger partial charge in [-0.3, -0.25) is 9.48 Å². The lowest BCUT2D eigenvalue weighted by molar-refractivity contribution is -0.141. The number of carbonyl (C=O) groups is 2. The lowest BCUT2D eigenvalue weighted by Crippen LogP contribution is -2.40. The highest BCUT2D eigenvalue weighted by Crippen LogP contribution is 2.16. The highest BCUT2D eigenvalue weighted by Gasteiger charge is 2.27. The zero-order valence-corrected chi connectivity index (χ0v) is 11.4. The van der Waals surface area contributed by atoms with Crippen molar-refractivity contribution in [1.82, 2.24) is 14.7 Å². The molecule has 0 spiro atoms. The van der Waals surface area contributed by atoms with Crippen LogP contribution in [0.4, 0.5) is 0 Å².